The minimum atomic E-state index is -2.82. The summed E-state index contributed by atoms with van der Waals surface area (Å²) >= 11 is 5.96. The molecule has 1 heterocycles. The van der Waals surface area contributed by atoms with E-state index in [0.717, 1.165) is 0 Å². The van der Waals surface area contributed by atoms with Gasteiger partial charge < -0.3 is 5.11 Å². The second kappa shape index (κ2) is 5.48. The van der Waals surface area contributed by atoms with Gasteiger partial charge in [-0.1, -0.05) is 23.7 Å². The van der Waals surface area contributed by atoms with Gasteiger partial charge in [0, 0.05) is 22.2 Å². The molecule has 0 amide bonds. The molecule has 2 aromatic rings. The molecule has 6 heteroatoms. The van der Waals surface area contributed by atoms with Crippen molar-refractivity contribution in [3.63, 3.8) is 0 Å². The lowest BCUT2D eigenvalue weighted by Gasteiger charge is -2.17. The quantitative estimate of drug-likeness (QED) is 0.931. The van der Waals surface area contributed by atoms with E-state index in [1.54, 1.807) is 18.2 Å². The Bertz CT molecular complexity index is 619. The average Bonchev–Trinajstić information content (AvgIpc) is 2.36. The van der Waals surface area contributed by atoms with Gasteiger partial charge in [-0.25, -0.2) is 8.78 Å². The molecule has 1 unspecified atom stereocenters. The second-order valence-electron chi connectivity index (χ2n) is 4.07. The third-order valence-electron chi connectivity index (χ3n) is 2.83. The highest BCUT2D eigenvalue weighted by molar-refractivity contribution is 6.32. The van der Waals surface area contributed by atoms with E-state index in [1.807, 2.05) is 0 Å². The zero-order valence-electron chi connectivity index (χ0n) is 9.69. The van der Waals surface area contributed by atoms with Crippen LogP contribution in [0.3, 0.4) is 0 Å². The molecular weight excluding hydrogens is 276 g/mol. The molecule has 0 aliphatic heterocycles. The van der Waals surface area contributed by atoms with E-state index in [0.29, 0.717) is 10.9 Å². The summed E-state index contributed by atoms with van der Waals surface area (Å²) in [5.74, 6) is -2.77. The number of carbonyl (C=O) groups is 1. The number of carboxylic acid groups (broad SMARTS) is 1. The molecule has 1 N–H and O–H groups in total. The number of hydrogen-bond donors (Lipinski definition) is 1. The molecular formula is C13H10ClF2NO2. The Labute approximate surface area is 112 Å². The lowest BCUT2D eigenvalue weighted by atomic mass is 9.93. The summed E-state index contributed by atoms with van der Waals surface area (Å²) in [6.45, 7) is 0. The Balaban J connectivity index is 2.64. The molecule has 3 nitrogen and oxygen atoms in total. The summed E-state index contributed by atoms with van der Waals surface area (Å²) in [4.78, 5) is 14.8. The van der Waals surface area contributed by atoms with E-state index in [-0.39, 0.29) is 10.6 Å². The van der Waals surface area contributed by atoms with Crippen LogP contribution in [-0.2, 0) is 4.79 Å². The van der Waals surface area contributed by atoms with Gasteiger partial charge in [0.25, 0.3) is 0 Å². The molecule has 0 fully saturated rings. The zero-order chi connectivity index (χ0) is 14.0. The summed E-state index contributed by atoms with van der Waals surface area (Å²) in [7, 11) is 0. The van der Waals surface area contributed by atoms with Crippen LogP contribution in [0.25, 0.3) is 10.9 Å². The molecule has 0 aliphatic rings. The number of pyridine rings is 1. The molecule has 1 aromatic heterocycles. The van der Waals surface area contributed by atoms with Crippen LogP contribution < -0.4 is 0 Å². The van der Waals surface area contributed by atoms with Crippen molar-refractivity contribution in [1.82, 2.24) is 4.98 Å². The van der Waals surface area contributed by atoms with Gasteiger partial charge in [0.05, 0.1) is 17.9 Å². The SMILES string of the molecule is O=C(O)CC(c1c(Cl)ccc2cccnc12)C(F)F. The van der Waals surface area contributed by atoms with Gasteiger partial charge in [-0.05, 0) is 12.1 Å². The van der Waals surface area contributed by atoms with Gasteiger partial charge in [0.1, 0.15) is 0 Å². The Kier molecular flexibility index (Phi) is 3.95. The number of benzene rings is 1. The number of carboxylic acids is 1. The fraction of sp³-hybridized carbons (Fsp3) is 0.231. The normalized spacial score (nSPS) is 12.8. The smallest absolute Gasteiger partial charge is 0.304 e. The van der Waals surface area contributed by atoms with Crippen molar-refractivity contribution < 1.29 is 18.7 Å². The van der Waals surface area contributed by atoms with Gasteiger partial charge >= 0.3 is 5.97 Å². The maximum atomic E-state index is 13.1. The van der Waals surface area contributed by atoms with Crippen LogP contribution in [0, 0.1) is 0 Å². The maximum Gasteiger partial charge on any atom is 0.304 e. The van der Waals surface area contributed by atoms with Crippen LogP contribution >= 0.6 is 11.6 Å². The summed E-state index contributed by atoms with van der Waals surface area (Å²) < 4.78 is 26.2. The summed E-state index contributed by atoms with van der Waals surface area (Å²) in [5.41, 5.74) is 0.415. The van der Waals surface area contributed by atoms with Crippen LogP contribution in [0.1, 0.15) is 17.9 Å². The Morgan fingerprint density at radius 2 is 2.11 bits per heavy atom. The minimum Gasteiger partial charge on any atom is -0.481 e. The van der Waals surface area contributed by atoms with E-state index < -0.39 is 24.7 Å². The number of fused-ring (bicyclic) bond motifs is 1. The Hall–Kier alpha value is -1.75. The highest BCUT2D eigenvalue weighted by Gasteiger charge is 2.29. The first kappa shape index (κ1) is 13.7. The Morgan fingerprint density at radius 3 is 2.74 bits per heavy atom. The molecule has 0 saturated carbocycles. The van der Waals surface area contributed by atoms with Gasteiger partial charge in [0.2, 0.25) is 6.43 Å². The summed E-state index contributed by atoms with van der Waals surface area (Å²) in [6, 6.07) is 6.54. The first-order valence-electron chi connectivity index (χ1n) is 5.53. The fourth-order valence-electron chi connectivity index (χ4n) is 2.00. The minimum absolute atomic E-state index is 0.0946. The van der Waals surface area contributed by atoms with Crippen molar-refractivity contribution in [2.75, 3.05) is 0 Å². The molecule has 1 aromatic carbocycles. The predicted molar refractivity (Wildman–Crippen MR) is 67.8 cm³/mol. The number of alkyl halides is 2. The van der Waals surface area contributed by atoms with Crippen LogP contribution in [0.2, 0.25) is 5.02 Å². The summed E-state index contributed by atoms with van der Waals surface area (Å²) in [5, 5.41) is 9.52. The van der Waals surface area contributed by atoms with E-state index in [2.05, 4.69) is 4.98 Å². The average molecular weight is 286 g/mol. The molecule has 19 heavy (non-hydrogen) atoms. The Morgan fingerprint density at radius 1 is 1.37 bits per heavy atom. The van der Waals surface area contributed by atoms with Crippen LogP contribution in [0.4, 0.5) is 8.78 Å². The fourth-order valence-corrected chi connectivity index (χ4v) is 2.29. The van der Waals surface area contributed by atoms with Crippen molar-refractivity contribution in [3.8, 4) is 0 Å². The van der Waals surface area contributed by atoms with Gasteiger partial charge in [-0.3, -0.25) is 9.78 Å². The van der Waals surface area contributed by atoms with E-state index in [9.17, 15) is 13.6 Å². The topological polar surface area (TPSA) is 50.2 Å². The van der Waals surface area contributed by atoms with Gasteiger partial charge in [-0.2, -0.15) is 0 Å². The summed E-state index contributed by atoms with van der Waals surface area (Å²) in [6.07, 6.45) is -2.04. The molecule has 0 aliphatic carbocycles. The molecule has 0 saturated heterocycles. The molecule has 100 valence electrons. The number of aromatic nitrogens is 1. The van der Waals surface area contributed by atoms with Crippen LogP contribution in [-0.4, -0.2) is 22.5 Å². The van der Waals surface area contributed by atoms with Crippen molar-refractivity contribution in [2.45, 2.75) is 18.8 Å². The van der Waals surface area contributed by atoms with Crippen molar-refractivity contribution in [2.24, 2.45) is 0 Å². The third-order valence-corrected chi connectivity index (χ3v) is 3.16. The molecule has 2 rings (SSSR count). The van der Waals surface area contributed by atoms with Gasteiger partial charge in [-0.15, -0.1) is 0 Å². The molecule has 0 spiro atoms. The lowest BCUT2D eigenvalue weighted by Crippen LogP contribution is -2.15. The molecule has 1 atom stereocenters. The van der Waals surface area contributed by atoms with E-state index in [4.69, 9.17) is 16.7 Å². The number of aliphatic carboxylic acids is 1. The van der Waals surface area contributed by atoms with Gasteiger partial charge in [0.15, 0.2) is 0 Å². The number of halogens is 3. The number of hydrogen-bond acceptors (Lipinski definition) is 2. The highest BCUT2D eigenvalue weighted by Crippen LogP contribution is 2.36. The molecule has 0 bridgehead atoms. The highest BCUT2D eigenvalue weighted by atomic mass is 35.5. The van der Waals surface area contributed by atoms with Crippen molar-refractivity contribution in [1.29, 1.82) is 0 Å². The third kappa shape index (κ3) is 2.81. The first-order chi connectivity index (χ1) is 9.00. The number of rotatable bonds is 4. The van der Waals surface area contributed by atoms with Crippen molar-refractivity contribution in [3.05, 3.63) is 41.0 Å². The lowest BCUT2D eigenvalue weighted by molar-refractivity contribution is -0.138. The van der Waals surface area contributed by atoms with Crippen LogP contribution in [0.15, 0.2) is 30.5 Å². The number of nitrogens with zero attached hydrogens (tertiary/aromatic N) is 1. The standard InChI is InChI=1S/C13H10ClF2NO2/c14-9-4-3-7-2-1-5-17-12(7)11(9)8(13(15)16)6-10(18)19/h1-5,8,13H,6H2,(H,18,19). The van der Waals surface area contributed by atoms with Crippen molar-refractivity contribution >= 4 is 28.5 Å². The largest absolute Gasteiger partial charge is 0.481 e. The molecule has 0 radical (unpaired) electrons. The van der Waals surface area contributed by atoms with E-state index >= 15 is 0 Å². The zero-order valence-corrected chi connectivity index (χ0v) is 10.4. The predicted octanol–water partition coefficient (Wildman–Crippen LogP) is 3.71. The second-order valence-corrected chi connectivity index (χ2v) is 4.48. The van der Waals surface area contributed by atoms with Crippen LogP contribution in [0.5, 0.6) is 0 Å². The maximum absolute atomic E-state index is 13.1. The first-order valence-corrected chi connectivity index (χ1v) is 5.91. The van der Waals surface area contributed by atoms with E-state index in [1.165, 1.54) is 12.3 Å². The monoisotopic (exact) mass is 285 g/mol.